The molecular weight excluding hydrogens is 363 g/mol. The van der Waals surface area contributed by atoms with Crippen LogP contribution in [-0.2, 0) is 14.6 Å². The van der Waals surface area contributed by atoms with E-state index in [2.05, 4.69) is 4.18 Å². The van der Waals surface area contributed by atoms with Crippen LogP contribution in [0.25, 0.3) is 0 Å². The van der Waals surface area contributed by atoms with Gasteiger partial charge in [-0.15, -0.1) is 0 Å². The molecule has 6 atom stereocenters. The number of aliphatic hydroxyl groups excluding tert-OH is 5. The first-order valence-corrected chi connectivity index (χ1v) is 10.5. The molecule has 1 saturated heterocycles. The summed E-state index contributed by atoms with van der Waals surface area (Å²) in [7, 11) is -4.81. The van der Waals surface area contributed by atoms with E-state index in [0.29, 0.717) is 0 Å². The third-order valence-corrected chi connectivity index (χ3v) is 9.42. The van der Waals surface area contributed by atoms with Gasteiger partial charge in [-0.3, -0.25) is 0 Å². The van der Waals surface area contributed by atoms with Gasteiger partial charge in [-0.2, -0.15) is 0 Å². The Morgan fingerprint density at radius 1 is 1.30 bits per heavy atom. The van der Waals surface area contributed by atoms with Gasteiger partial charge in [0.15, 0.2) is 0 Å². The first kappa shape index (κ1) is 18.2. The van der Waals surface area contributed by atoms with E-state index in [1.54, 1.807) is 0 Å². The molecule has 0 aromatic rings. The molecule has 1 heterocycles. The molecule has 1 rings (SSSR count). The summed E-state index contributed by atoms with van der Waals surface area (Å²) in [6.07, 6.45) is -4.98. The van der Waals surface area contributed by atoms with E-state index >= 15 is 0 Å². The van der Waals surface area contributed by atoms with Gasteiger partial charge in [-0.25, -0.2) is 0 Å². The third-order valence-electron chi connectivity index (χ3n) is 3.01. The number of rotatable bonds is 7. The zero-order chi connectivity index (χ0) is 15.5. The van der Waals surface area contributed by atoms with Crippen molar-refractivity contribution in [1.82, 2.24) is 0 Å². The van der Waals surface area contributed by atoms with Gasteiger partial charge < -0.3 is 0 Å². The van der Waals surface area contributed by atoms with Crippen LogP contribution in [-0.4, -0.2) is 90.0 Å². The normalized spacial score (nSPS) is 34.1. The Labute approximate surface area is 120 Å². The van der Waals surface area contributed by atoms with Crippen LogP contribution in [0, 0.1) is 0 Å². The predicted octanol–water partition coefficient (Wildman–Crippen LogP) is -2.88. The second-order valence-electron chi connectivity index (χ2n) is 4.46. The van der Waals surface area contributed by atoms with Crippen LogP contribution in [0.2, 0.25) is 15.5 Å². The van der Waals surface area contributed by atoms with Crippen molar-refractivity contribution in [3.8, 4) is 0 Å². The van der Waals surface area contributed by atoms with E-state index in [1.807, 2.05) is 0 Å². The number of hydrogen-bond donors (Lipinski definition) is 6. The fraction of sp³-hybridized carbons (Fsp3) is 1.00. The fourth-order valence-corrected chi connectivity index (χ4v) is 8.17. The average Bonchev–Trinajstić information content (AvgIpc) is 2.60. The van der Waals surface area contributed by atoms with Gasteiger partial charge in [0.05, 0.1) is 0 Å². The van der Waals surface area contributed by atoms with Crippen molar-refractivity contribution in [2.24, 2.45) is 0 Å². The molecule has 0 aliphatic carbocycles. The van der Waals surface area contributed by atoms with Gasteiger partial charge in [0.1, 0.15) is 0 Å². The third kappa shape index (κ3) is 4.88. The molecule has 0 saturated carbocycles. The Balaban J connectivity index is 2.66. The zero-order valence-corrected chi connectivity index (χ0v) is 13.0. The van der Waals surface area contributed by atoms with Gasteiger partial charge in [0, 0.05) is 0 Å². The van der Waals surface area contributed by atoms with Crippen LogP contribution < -0.4 is 0 Å². The second-order valence-corrected chi connectivity index (χ2v) is 10.4. The molecule has 0 bridgehead atoms. The zero-order valence-electron chi connectivity index (χ0n) is 10.4. The second kappa shape index (κ2) is 7.45. The first-order chi connectivity index (χ1) is 9.19. The SMILES string of the molecule is O=S(=O)(O)OC(CO)C(O)C[Se+]1CC(O)C(O)C1CO. The molecule has 6 unspecified atom stereocenters. The molecule has 120 valence electrons. The molecule has 0 aromatic carbocycles. The quantitative estimate of drug-likeness (QED) is 0.200. The summed E-state index contributed by atoms with van der Waals surface area (Å²) in [5.41, 5.74) is 0. The predicted molar refractivity (Wildman–Crippen MR) is 67.7 cm³/mol. The van der Waals surface area contributed by atoms with E-state index < -0.39 is 60.1 Å². The number of aliphatic hydroxyl groups is 5. The molecule has 0 radical (unpaired) electrons. The Kier molecular flexibility index (Phi) is 6.80. The van der Waals surface area contributed by atoms with Crippen LogP contribution >= 0.6 is 0 Å². The van der Waals surface area contributed by atoms with Crippen LogP contribution in [0.15, 0.2) is 0 Å². The Hall–Kier alpha value is 0.189. The summed E-state index contributed by atoms with van der Waals surface area (Å²) in [5.74, 6) is 0. The van der Waals surface area contributed by atoms with E-state index in [9.17, 15) is 28.8 Å². The Morgan fingerprint density at radius 3 is 2.35 bits per heavy atom. The maximum absolute atomic E-state index is 10.6. The molecule has 6 N–H and O–H groups in total. The van der Waals surface area contributed by atoms with Crippen LogP contribution in [0.4, 0.5) is 0 Å². The molecular formula is C9H19O9SSe+. The van der Waals surface area contributed by atoms with Gasteiger partial charge >= 0.3 is 120 Å². The fourth-order valence-electron chi connectivity index (χ4n) is 1.99. The van der Waals surface area contributed by atoms with E-state index in [4.69, 9.17) is 9.66 Å². The molecule has 1 aliphatic heterocycles. The molecule has 1 fully saturated rings. The average molecular weight is 382 g/mol. The van der Waals surface area contributed by atoms with Crippen molar-refractivity contribution < 1.29 is 42.7 Å². The monoisotopic (exact) mass is 383 g/mol. The summed E-state index contributed by atoms with van der Waals surface area (Å²) < 4.78 is 33.8. The maximum atomic E-state index is 10.6. The summed E-state index contributed by atoms with van der Waals surface area (Å²) in [6.45, 7) is -1.17. The van der Waals surface area contributed by atoms with Crippen molar-refractivity contribution in [1.29, 1.82) is 0 Å². The topological polar surface area (TPSA) is 165 Å². The molecule has 20 heavy (non-hydrogen) atoms. The van der Waals surface area contributed by atoms with Crippen molar-refractivity contribution in [3.05, 3.63) is 0 Å². The van der Waals surface area contributed by atoms with Gasteiger partial charge in [0.2, 0.25) is 0 Å². The Bertz CT molecular complexity index is 402. The molecule has 0 aromatic heterocycles. The van der Waals surface area contributed by atoms with Crippen LogP contribution in [0.5, 0.6) is 0 Å². The summed E-state index contributed by atoms with van der Waals surface area (Å²) in [4.78, 5) is -0.537. The molecule has 11 heteroatoms. The molecule has 0 amide bonds. The van der Waals surface area contributed by atoms with Crippen molar-refractivity contribution >= 4 is 24.3 Å². The first-order valence-electron chi connectivity index (χ1n) is 5.77. The summed E-state index contributed by atoms with van der Waals surface area (Å²) in [5, 5.41) is 47.4. The van der Waals surface area contributed by atoms with Crippen molar-refractivity contribution in [2.75, 3.05) is 13.2 Å². The summed E-state index contributed by atoms with van der Waals surface area (Å²) in [6, 6.07) is 0. The van der Waals surface area contributed by atoms with Crippen molar-refractivity contribution in [3.63, 3.8) is 0 Å². The molecule has 0 spiro atoms. The standard InChI is InChI=1S/C9H18O9SSe/c10-1-7(18-19(15,16)17)5(12)3-20-4-6(13)9(14)8(20)2-11/h5-14H,1-4H2/p+1. The van der Waals surface area contributed by atoms with Gasteiger partial charge in [-0.05, 0) is 0 Å². The van der Waals surface area contributed by atoms with Crippen LogP contribution in [0.1, 0.15) is 0 Å². The summed E-state index contributed by atoms with van der Waals surface area (Å²) >= 11 is -1.82. The van der Waals surface area contributed by atoms with Gasteiger partial charge in [0.25, 0.3) is 0 Å². The number of hydrogen-bond acceptors (Lipinski definition) is 8. The minimum atomic E-state index is -4.81. The van der Waals surface area contributed by atoms with Crippen LogP contribution in [0.3, 0.4) is 0 Å². The van der Waals surface area contributed by atoms with E-state index in [1.165, 1.54) is 0 Å². The molecule has 1 aliphatic rings. The van der Waals surface area contributed by atoms with Crippen molar-refractivity contribution in [2.45, 2.75) is 39.9 Å². The van der Waals surface area contributed by atoms with E-state index in [-0.39, 0.29) is 17.2 Å². The Morgan fingerprint density at radius 2 is 1.90 bits per heavy atom. The minimum absolute atomic E-state index is 0.0140. The van der Waals surface area contributed by atoms with Gasteiger partial charge in [-0.1, -0.05) is 0 Å². The molecule has 9 nitrogen and oxygen atoms in total. The van der Waals surface area contributed by atoms with E-state index in [0.717, 1.165) is 0 Å².